The van der Waals surface area contributed by atoms with Gasteiger partial charge in [-0.25, -0.2) is 0 Å². The maximum absolute atomic E-state index is 11.9. The molecule has 0 fully saturated rings. The molecule has 0 unspecified atom stereocenters. The summed E-state index contributed by atoms with van der Waals surface area (Å²) in [6, 6.07) is 4.13. The number of benzene rings is 1. The molecule has 120 valence electrons. The molecule has 2 amide bonds. The van der Waals surface area contributed by atoms with Crippen LogP contribution in [0.5, 0.6) is 5.75 Å². The highest BCUT2D eigenvalue weighted by Crippen LogP contribution is 2.46. The van der Waals surface area contributed by atoms with Crippen LogP contribution in [0.2, 0.25) is 0 Å². The molecule has 0 bridgehead atoms. The highest BCUT2D eigenvalue weighted by molar-refractivity contribution is 7.20. The van der Waals surface area contributed by atoms with Crippen molar-refractivity contribution in [2.45, 2.75) is 26.7 Å². The maximum Gasteiger partial charge on any atom is 0.252 e. The highest BCUT2D eigenvalue weighted by Gasteiger charge is 2.28. The number of hydrogen-bond acceptors (Lipinski definition) is 4. The molecule has 5 nitrogen and oxygen atoms in total. The second-order valence-corrected chi connectivity index (χ2v) is 6.66. The van der Waals surface area contributed by atoms with Gasteiger partial charge in [-0.2, -0.15) is 0 Å². The number of thiophene rings is 1. The molecule has 23 heavy (non-hydrogen) atoms. The van der Waals surface area contributed by atoms with Crippen LogP contribution in [0, 0.1) is 6.92 Å². The van der Waals surface area contributed by atoms with Gasteiger partial charge in [0.1, 0.15) is 10.8 Å². The Labute approximate surface area is 138 Å². The zero-order valence-corrected chi connectivity index (χ0v) is 14.1. The third-order valence-electron chi connectivity index (χ3n) is 4.05. The molecular weight excluding hydrogens is 312 g/mol. The number of methoxy groups -OCH3 is 1. The Morgan fingerprint density at radius 1 is 1.30 bits per heavy atom. The predicted octanol–water partition coefficient (Wildman–Crippen LogP) is 2.89. The van der Waals surface area contributed by atoms with Crippen molar-refractivity contribution in [2.24, 2.45) is 5.73 Å². The van der Waals surface area contributed by atoms with Crippen molar-refractivity contribution in [3.05, 3.63) is 34.4 Å². The lowest BCUT2D eigenvalue weighted by Gasteiger charge is -2.19. The Morgan fingerprint density at radius 3 is 2.65 bits per heavy atom. The molecule has 0 radical (unpaired) electrons. The van der Waals surface area contributed by atoms with Crippen molar-refractivity contribution in [3.63, 3.8) is 0 Å². The molecule has 0 atom stereocenters. The minimum atomic E-state index is -0.506. The number of carbonyl (C=O) groups excluding carboxylic acids is 2. The molecule has 0 aliphatic heterocycles. The number of nitrogens with two attached hydrogens (primary N) is 1. The van der Waals surface area contributed by atoms with E-state index in [2.05, 4.69) is 11.4 Å². The van der Waals surface area contributed by atoms with Crippen LogP contribution in [0.3, 0.4) is 0 Å². The summed E-state index contributed by atoms with van der Waals surface area (Å²) in [4.78, 5) is 24.3. The first-order valence-corrected chi connectivity index (χ1v) is 8.15. The number of anilines is 1. The first-order chi connectivity index (χ1) is 10.9. The van der Waals surface area contributed by atoms with E-state index in [0.717, 1.165) is 40.2 Å². The van der Waals surface area contributed by atoms with Gasteiger partial charge in [0.25, 0.3) is 5.91 Å². The van der Waals surface area contributed by atoms with Crippen LogP contribution in [0.1, 0.15) is 34.0 Å². The van der Waals surface area contributed by atoms with E-state index in [9.17, 15) is 9.59 Å². The van der Waals surface area contributed by atoms with Crippen LogP contribution in [0.25, 0.3) is 10.4 Å². The van der Waals surface area contributed by atoms with E-state index < -0.39 is 5.91 Å². The molecule has 1 aromatic heterocycles. The number of fused-ring (bicyclic) bond motifs is 3. The van der Waals surface area contributed by atoms with Crippen LogP contribution in [-0.4, -0.2) is 18.9 Å². The zero-order chi connectivity index (χ0) is 16.7. The average molecular weight is 330 g/mol. The molecule has 3 rings (SSSR count). The van der Waals surface area contributed by atoms with Crippen LogP contribution < -0.4 is 15.8 Å². The summed E-state index contributed by atoms with van der Waals surface area (Å²) < 4.78 is 5.42. The molecule has 3 N–H and O–H groups in total. The summed E-state index contributed by atoms with van der Waals surface area (Å²) in [5.41, 5.74) is 10.3. The van der Waals surface area contributed by atoms with E-state index in [4.69, 9.17) is 10.5 Å². The van der Waals surface area contributed by atoms with E-state index >= 15 is 0 Å². The van der Waals surface area contributed by atoms with Gasteiger partial charge in [-0.1, -0.05) is 6.07 Å². The predicted molar refractivity (Wildman–Crippen MR) is 91.3 cm³/mol. The average Bonchev–Trinajstić information content (AvgIpc) is 2.83. The molecule has 6 heteroatoms. The van der Waals surface area contributed by atoms with Gasteiger partial charge in [0.05, 0.1) is 12.7 Å². The van der Waals surface area contributed by atoms with Crippen molar-refractivity contribution in [3.8, 4) is 16.2 Å². The van der Waals surface area contributed by atoms with E-state index in [1.54, 1.807) is 7.11 Å². The van der Waals surface area contributed by atoms with E-state index in [1.165, 1.54) is 23.8 Å². The van der Waals surface area contributed by atoms with Crippen molar-refractivity contribution in [1.29, 1.82) is 0 Å². The zero-order valence-electron chi connectivity index (χ0n) is 13.3. The second-order valence-electron chi connectivity index (χ2n) is 5.64. The fourth-order valence-corrected chi connectivity index (χ4v) is 4.43. The summed E-state index contributed by atoms with van der Waals surface area (Å²) in [5, 5.41) is 3.26. The number of nitrogens with one attached hydrogen (secondary N) is 1. The van der Waals surface area contributed by atoms with Crippen molar-refractivity contribution in [1.82, 2.24) is 0 Å². The number of hydrogen-bond donors (Lipinski definition) is 2. The fourth-order valence-electron chi connectivity index (χ4n) is 3.08. The number of primary amides is 1. The lowest BCUT2D eigenvalue weighted by molar-refractivity contribution is -0.114. The SMILES string of the molecule is COc1cc2c(cc1C)CCc1c-2sc(NC(C)=O)c1C(N)=O. The largest absolute Gasteiger partial charge is 0.496 e. The topological polar surface area (TPSA) is 81.4 Å². The van der Waals surface area contributed by atoms with Gasteiger partial charge in [0, 0.05) is 11.8 Å². The summed E-state index contributed by atoms with van der Waals surface area (Å²) >= 11 is 1.40. The number of carbonyl (C=O) groups is 2. The van der Waals surface area contributed by atoms with Crippen LogP contribution >= 0.6 is 11.3 Å². The first kappa shape index (κ1) is 15.6. The fraction of sp³-hybridized carbons (Fsp3) is 0.294. The minimum absolute atomic E-state index is 0.215. The molecule has 0 spiro atoms. The number of rotatable bonds is 3. The van der Waals surface area contributed by atoms with E-state index in [0.29, 0.717) is 10.6 Å². The molecule has 1 aliphatic rings. The Kier molecular flexibility index (Phi) is 3.85. The highest BCUT2D eigenvalue weighted by atomic mass is 32.1. The quantitative estimate of drug-likeness (QED) is 0.908. The van der Waals surface area contributed by atoms with E-state index in [-0.39, 0.29) is 5.91 Å². The van der Waals surface area contributed by atoms with Crippen molar-refractivity contribution < 1.29 is 14.3 Å². The summed E-state index contributed by atoms with van der Waals surface area (Å²) in [5.74, 6) is 0.0910. The third kappa shape index (κ3) is 2.59. The van der Waals surface area contributed by atoms with Crippen LogP contribution in [-0.2, 0) is 17.6 Å². The Bertz CT molecular complexity index is 824. The van der Waals surface area contributed by atoms with Gasteiger partial charge < -0.3 is 15.8 Å². The monoisotopic (exact) mass is 330 g/mol. The molecule has 0 saturated carbocycles. The Hall–Kier alpha value is -2.34. The van der Waals surface area contributed by atoms with Gasteiger partial charge in [-0.3, -0.25) is 9.59 Å². The summed E-state index contributed by atoms with van der Waals surface area (Å²) in [7, 11) is 1.64. The smallest absolute Gasteiger partial charge is 0.252 e. The van der Waals surface area contributed by atoms with Crippen LogP contribution in [0.4, 0.5) is 5.00 Å². The normalized spacial score (nSPS) is 12.3. The molecule has 1 aliphatic carbocycles. The number of ether oxygens (including phenoxy) is 1. The summed E-state index contributed by atoms with van der Waals surface area (Å²) in [6.07, 6.45) is 1.58. The van der Waals surface area contributed by atoms with Crippen molar-refractivity contribution in [2.75, 3.05) is 12.4 Å². The Morgan fingerprint density at radius 2 is 2.04 bits per heavy atom. The number of aryl methyl sites for hydroxylation is 2. The molecule has 1 heterocycles. The lowest BCUT2D eigenvalue weighted by atomic mass is 9.88. The second kappa shape index (κ2) is 5.70. The minimum Gasteiger partial charge on any atom is -0.496 e. The van der Waals surface area contributed by atoms with Gasteiger partial charge in [0.15, 0.2) is 0 Å². The maximum atomic E-state index is 11.9. The molecular formula is C17H18N2O3S. The standard InChI is InChI=1S/C17H18N2O3S/c1-8-6-10-4-5-11-14(16(18)21)17(19-9(2)20)23-15(11)12(10)7-13(8)22-3/h6-7H,4-5H2,1-3H3,(H2,18,21)(H,19,20). The Balaban J connectivity index is 2.22. The van der Waals surface area contributed by atoms with E-state index in [1.807, 2.05) is 13.0 Å². The van der Waals surface area contributed by atoms with Crippen molar-refractivity contribution >= 4 is 28.2 Å². The molecule has 2 aromatic rings. The number of amides is 2. The molecule has 1 aromatic carbocycles. The third-order valence-corrected chi connectivity index (χ3v) is 5.23. The first-order valence-electron chi connectivity index (χ1n) is 7.33. The molecule has 0 saturated heterocycles. The van der Waals surface area contributed by atoms with Gasteiger partial charge in [0.2, 0.25) is 5.91 Å². The van der Waals surface area contributed by atoms with Gasteiger partial charge in [-0.05, 0) is 48.1 Å². The summed E-state index contributed by atoms with van der Waals surface area (Å²) in [6.45, 7) is 3.43. The van der Waals surface area contributed by atoms with Gasteiger partial charge in [-0.15, -0.1) is 11.3 Å². The van der Waals surface area contributed by atoms with Crippen LogP contribution in [0.15, 0.2) is 12.1 Å². The lowest BCUT2D eigenvalue weighted by Crippen LogP contribution is -2.17. The van der Waals surface area contributed by atoms with Gasteiger partial charge >= 0.3 is 0 Å².